The highest BCUT2D eigenvalue weighted by molar-refractivity contribution is 5.81. The quantitative estimate of drug-likeness (QED) is 0.755. The molecule has 32 heavy (non-hydrogen) atoms. The summed E-state index contributed by atoms with van der Waals surface area (Å²) >= 11 is 0. The molecule has 8 heteroatoms. The third-order valence-electron chi connectivity index (χ3n) is 5.84. The minimum Gasteiger partial charge on any atom is -0.444 e. The number of amides is 3. The second-order valence-electron chi connectivity index (χ2n) is 9.51. The predicted molar refractivity (Wildman–Crippen MR) is 123 cm³/mol. The number of nitrogens with one attached hydrogen (secondary N) is 1. The molecule has 3 amide bonds. The lowest BCUT2D eigenvalue weighted by Crippen LogP contribution is -2.50. The minimum absolute atomic E-state index is 0.0667. The van der Waals surface area contributed by atoms with Crippen LogP contribution in [0.2, 0.25) is 0 Å². The summed E-state index contributed by atoms with van der Waals surface area (Å²) < 4.78 is 5.42. The highest BCUT2D eigenvalue weighted by atomic mass is 16.6. The molecule has 1 aromatic rings. The van der Waals surface area contributed by atoms with Crippen molar-refractivity contribution in [1.29, 1.82) is 0 Å². The summed E-state index contributed by atoms with van der Waals surface area (Å²) in [6, 6.07) is 10.2. The molecule has 3 rings (SSSR count). The van der Waals surface area contributed by atoms with E-state index >= 15 is 0 Å². The zero-order valence-electron chi connectivity index (χ0n) is 19.5. The molecule has 1 N–H and O–H groups in total. The predicted octanol–water partition coefficient (Wildman–Crippen LogP) is 2.49. The Balaban J connectivity index is 1.37. The number of piperidine rings is 1. The monoisotopic (exact) mass is 444 g/mol. The topological polar surface area (TPSA) is 82.2 Å². The van der Waals surface area contributed by atoms with Crippen molar-refractivity contribution < 1.29 is 19.1 Å². The summed E-state index contributed by atoms with van der Waals surface area (Å²) in [5, 5.41) is 2.89. The van der Waals surface area contributed by atoms with E-state index in [4.69, 9.17) is 4.74 Å². The van der Waals surface area contributed by atoms with Gasteiger partial charge in [0.2, 0.25) is 11.8 Å². The van der Waals surface area contributed by atoms with Gasteiger partial charge in [-0.15, -0.1) is 0 Å². The first-order chi connectivity index (χ1) is 15.2. The number of para-hydroxylation sites is 1. The van der Waals surface area contributed by atoms with E-state index in [-0.39, 0.29) is 23.8 Å². The van der Waals surface area contributed by atoms with E-state index in [0.29, 0.717) is 39.1 Å². The number of piperazine rings is 1. The van der Waals surface area contributed by atoms with E-state index in [9.17, 15) is 14.4 Å². The Bertz CT molecular complexity index is 785. The number of hydrogen-bond acceptors (Lipinski definition) is 5. The smallest absolute Gasteiger partial charge is 0.410 e. The molecule has 0 bridgehead atoms. The number of ether oxygens (including phenoxy) is 1. The maximum atomic E-state index is 12.6. The lowest BCUT2D eigenvalue weighted by molar-refractivity contribution is -0.131. The molecule has 0 spiro atoms. The zero-order valence-corrected chi connectivity index (χ0v) is 19.5. The summed E-state index contributed by atoms with van der Waals surface area (Å²) in [6.45, 7) is 9.77. The number of benzene rings is 1. The molecule has 0 aliphatic carbocycles. The fourth-order valence-corrected chi connectivity index (χ4v) is 4.13. The van der Waals surface area contributed by atoms with Gasteiger partial charge in [0.25, 0.3) is 0 Å². The lowest BCUT2D eigenvalue weighted by Gasteiger charge is -2.36. The highest BCUT2D eigenvalue weighted by Gasteiger charge is 2.31. The van der Waals surface area contributed by atoms with Crippen LogP contribution in [0.4, 0.5) is 10.5 Å². The van der Waals surface area contributed by atoms with E-state index in [1.807, 2.05) is 43.9 Å². The average Bonchev–Trinajstić information content (AvgIpc) is 2.78. The molecule has 8 nitrogen and oxygen atoms in total. The van der Waals surface area contributed by atoms with Gasteiger partial charge in [-0.05, 0) is 45.7 Å². The molecule has 2 heterocycles. The molecule has 2 fully saturated rings. The maximum absolute atomic E-state index is 12.6. The molecule has 2 aliphatic rings. The number of nitrogens with zero attached hydrogens (tertiary/aromatic N) is 3. The van der Waals surface area contributed by atoms with E-state index < -0.39 is 5.60 Å². The number of likely N-dealkylation sites (tertiary alicyclic amines) is 1. The van der Waals surface area contributed by atoms with Gasteiger partial charge in [0, 0.05) is 57.9 Å². The van der Waals surface area contributed by atoms with Gasteiger partial charge in [-0.2, -0.15) is 0 Å². The van der Waals surface area contributed by atoms with Crippen molar-refractivity contribution in [2.45, 2.75) is 45.6 Å². The van der Waals surface area contributed by atoms with Crippen LogP contribution in [-0.2, 0) is 14.3 Å². The van der Waals surface area contributed by atoms with E-state index in [0.717, 1.165) is 25.9 Å². The van der Waals surface area contributed by atoms with Gasteiger partial charge >= 0.3 is 6.09 Å². The Kier molecular flexibility index (Phi) is 7.99. The highest BCUT2D eigenvalue weighted by Crippen LogP contribution is 2.20. The summed E-state index contributed by atoms with van der Waals surface area (Å²) in [5.74, 6) is -0.294. The third-order valence-corrected chi connectivity index (χ3v) is 5.84. The maximum Gasteiger partial charge on any atom is 0.410 e. The summed E-state index contributed by atoms with van der Waals surface area (Å²) in [7, 11) is 0. The second kappa shape index (κ2) is 10.7. The number of carbonyl (C=O) groups excluding carboxylic acids is 3. The Morgan fingerprint density at radius 3 is 2.34 bits per heavy atom. The van der Waals surface area contributed by atoms with Gasteiger partial charge in [-0.25, -0.2) is 4.79 Å². The standard InChI is InChI=1S/C24H36N4O4/c1-24(2,3)32-23(31)28-13-7-8-19(18-28)22(30)25-12-11-21(29)27-16-14-26(15-17-27)20-9-5-4-6-10-20/h4-6,9-10,19H,7-8,11-18H2,1-3H3,(H,25,30). The van der Waals surface area contributed by atoms with Crippen LogP contribution in [0.5, 0.6) is 0 Å². The summed E-state index contributed by atoms with van der Waals surface area (Å²) in [6.07, 6.45) is 1.42. The van der Waals surface area contributed by atoms with Crippen molar-refractivity contribution in [2.75, 3.05) is 50.7 Å². The number of hydrogen-bond donors (Lipinski definition) is 1. The van der Waals surface area contributed by atoms with Gasteiger partial charge in [0.1, 0.15) is 5.60 Å². The van der Waals surface area contributed by atoms with Gasteiger partial charge in [0.05, 0.1) is 5.92 Å². The van der Waals surface area contributed by atoms with E-state index in [1.165, 1.54) is 5.69 Å². The zero-order chi connectivity index (χ0) is 23.1. The molecule has 0 radical (unpaired) electrons. The molecule has 1 aromatic carbocycles. The Morgan fingerprint density at radius 2 is 1.69 bits per heavy atom. The number of rotatable bonds is 5. The largest absolute Gasteiger partial charge is 0.444 e. The van der Waals surface area contributed by atoms with Gasteiger partial charge < -0.3 is 24.8 Å². The van der Waals surface area contributed by atoms with Crippen molar-refractivity contribution in [3.8, 4) is 0 Å². The van der Waals surface area contributed by atoms with Crippen LogP contribution in [0.1, 0.15) is 40.0 Å². The van der Waals surface area contributed by atoms with Crippen molar-refractivity contribution in [1.82, 2.24) is 15.1 Å². The Morgan fingerprint density at radius 1 is 1.00 bits per heavy atom. The van der Waals surface area contributed by atoms with Crippen LogP contribution in [0.3, 0.4) is 0 Å². The minimum atomic E-state index is -0.556. The molecule has 0 saturated carbocycles. The van der Waals surface area contributed by atoms with Crippen LogP contribution < -0.4 is 10.2 Å². The number of anilines is 1. The Labute approximate surface area is 190 Å². The first-order valence-electron chi connectivity index (χ1n) is 11.6. The van der Waals surface area contributed by atoms with Crippen LogP contribution in [0.25, 0.3) is 0 Å². The lowest BCUT2D eigenvalue weighted by atomic mass is 9.97. The molecule has 176 valence electrons. The number of carbonyl (C=O) groups is 3. The van der Waals surface area contributed by atoms with Crippen molar-refractivity contribution in [2.24, 2.45) is 5.92 Å². The third kappa shape index (κ3) is 6.87. The first kappa shape index (κ1) is 23.9. The molecule has 1 atom stereocenters. The van der Waals surface area contributed by atoms with Crippen molar-refractivity contribution in [3.63, 3.8) is 0 Å². The van der Waals surface area contributed by atoms with E-state index in [1.54, 1.807) is 4.90 Å². The van der Waals surface area contributed by atoms with Gasteiger partial charge in [-0.1, -0.05) is 18.2 Å². The van der Waals surface area contributed by atoms with Gasteiger partial charge in [0.15, 0.2) is 0 Å². The Hall–Kier alpha value is -2.77. The van der Waals surface area contributed by atoms with Gasteiger partial charge in [-0.3, -0.25) is 9.59 Å². The second-order valence-corrected chi connectivity index (χ2v) is 9.51. The molecule has 2 saturated heterocycles. The molecular weight excluding hydrogens is 408 g/mol. The summed E-state index contributed by atoms with van der Waals surface area (Å²) in [5.41, 5.74) is 0.624. The fourth-order valence-electron chi connectivity index (χ4n) is 4.13. The van der Waals surface area contributed by atoms with Crippen LogP contribution >= 0.6 is 0 Å². The van der Waals surface area contributed by atoms with Crippen molar-refractivity contribution in [3.05, 3.63) is 30.3 Å². The van der Waals surface area contributed by atoms with Crippen LogP contribution in [0.15, 0.2) is 30.3 Å². The van der Waals surface area contributed by atoms with Crippen molar-refractivity contribution >= 4 is 23.6 Å². The molecular formula is C24H36N4O4. The average molecular weight is 445 g/mol. The molecule has 0 aromatic heterocycles. The first-order valence-corrected chi connectivity index (χ1v) is 11.6. The molecule has 2 aliphatic heterocycles. The van der Waals surface area contributed by atoms with E-state index in [2.05, 4.69) is 22.3 Å². The summed E-state index contributed by atoms with van der Waals surface area (Å²) in [4.78, 5) is 43.2. The fraction of sp³-hybridized carbons (Fsp3) is 0.625. The SMILES string of the molecule is CC(C)(C)OC(=O)N1CCCC(C(=O)NCCC(=O)N2CCN(c3ccccc3)CC2)C1. The van der Waals surface area contributed by atoms with Crippen LogP contribution in [0, 0.1) is 5.92 Å². The van der Waals surface area contributed by atoms with Crippen LogP contribution in [-0.4, -0.2) is 79.1 Å². The normalized spacial score (nSPS) is 19.5. The molecule has 1 unspecified atom stereocenters.